The van der Waals surface area contributed by atoms with Crippen LogP contribution < -0.4 is 5.32 Å². The van der Waals surface area contributed by atoms with Gasteiger partial charge in [-0.3, -0.25) is 9.59 Å². The highest BCUT2D eigenvalue weighted by Crippen LogP contribution is 2.45. The lowest BCUT2D eigenvalue weighted by atomic mass is 9.91. The number of amides is 2. The highest BCUT2D eigenvalue weighted by atomic mass is 16.5. The maximum Gasteiger partial charge on any atom is 0.407 e. The van der Waals surface area contributed by atoms with E-state index in [2.05, 4.69) is 29.6 Å². The third-order valence-electron chi connectivity index (χ3n) is 8.01. The van der Waals surface area contributed by atoms with Gasteiger partial charge in [-0.15, -0.1) is 0 Å². The van der Waals surface area contributed by atoms with E-state index in [4.69, 9.17) is 4.74 Å². The summed E-state index contributed by atoms with van der Waals surface area (Å²) in [4.78, 5) is 39.1. The van der Waals surface area contributed by atoms with Gasteiger partial charge < -0.3 is 20.1 Å². The Morgan fingerprint density at radius 1 is 1.03 bits per heavy atom. The van der Waals surface area contributed by atoms with Crippen molar-refractivity contribution in [2.75, 3.05) is 19.7 Å². The van der Waals surface area contributed by atoms with E-state index < -0.39 is 23.5 Å². The minimum Gasteiger partial charge on any atom is -0.481 e. The highest BCUT2D eigenvalue weighted by molar-refractivity contribution is 5.81. The predicted octanol–water partition coefficient (Wildman–Crippen LogP) is 4.26. The smallest absolute Gasteiger partial charge is 0.407 e. The van der Waals surface area contributed by atoms with Gasteiger partial charge in [0.05, 0.1) is 17.9 Å². The molecule has 2 aliphatic carbocycles. The summed E-state index contributed by atoms with van der Waals surface area (Å²) in [5.41, 5.74) is 3.93. The summed E-state index contributed by atoms with van der Waals surface area (Å²) >= 11 is 0. The van der Waals surface area contributed by atoms with E-state index in [0.29, 0.717) is 6.54 Å². The highest BCUT2D eigenvalue weighted by Gasteiger charge is 2.46. The fraction of sp³-hybridized carbons (Fsp3) is 0.464. The predicted molar refractivity (Wildman–Crippen MR) is 131 cm³/mol. The number of benzene rings is 2. The van der Waals surface area contributed by atoms with Crippen LogP contribution in [0, 0.1) is 17.8 Å². The Morgan fingerprint density at radius 3 is 2.17 bits per heavy atom. The van der Waals surface area contributed by atoms with Gasteiger partial charge in [-0.25, -0.2) is 4.79 Å². The van der Waals surface area contributed by atoms with Crippen LogP contribution in [-0.2, 0) is 14.3 Å². The molecule has 5 rings (SSSR count). The van der Waals surface area contributed by atoms with Gasteiger partial charge >= 0.3 is 12.1 Å². The van der Waals surface area contributed by atoms with Gasteiger partial charge in [-0.2, -0.15) is 0 Å². The average Bonchev–Trinajstić information content (AvgIpc) is 3.55. The first-order valence-electron chi connectivity index (χ1n) is 12.4. The van der Waals surface area contributed by atoms with Crippen molar-refractivity contribution in [2.24, 2.45) is 17.8 Å². The molecule has 1 saturated carbocycles. The molecule has 1 aliphatic heterocycles. The van der Waals surface area contributed by atoms with Crippen molar-refractivity contribution in [2.45, 2.75) is 44.6 Å². The summed E-state index contributed by atoms with van der Waals surface area (Å²) in [6.45, 7) is 4.64. The summed E-state index contributed by atoms with van der Waals surface area (Å²) in [5.74, 6) is -1.42. The summed E-state index contributed by atoms with van der Waals surface area (Å²) in [7, 11) is 0. The van der Waals surface area contributed by atoms with Crippen LogP contribution >= 0.6 is 0 Å². The standard InChI is InChI=1S/C28H32N2O5/c1-17-14-30(15-23(17)26(32)33)25(31)13-28(2,18-11-12-18)29-27(34)35-16-24-21-9-5-3-7-19(21)20-8-4-6-10-22(20)24/h3-10,17-18,23-24H,11-16H2,1-2H3,(H,29,34)(H,32,33)/t17-,23-,28?/m1/s1. The van der Waals surface area contributed by atoms with E-state index in [0.717, 1.165) is 24.0 Å². The van der Waals surface area contributed by atoms with Crippen LogP contribution in [0.25, 0.3) is 11.1 Å². The molecule has 0 spiro atoms. The van der Waals surface area contributed by atoms with E-state index in [1.165, 1.54) is 11.1 Å². The van der Waals surface area contributed by atoms with Crippen LogP contribution in [-0.4, -0.2) is 53.2 Å². The van der Waals surface area contributed by atoms with Crippen molar-refractivity contribution in [3.05, 3.63) is 59.7 Å². The molecular formula is C28H32N2O5. The number of likely N-dealkylation sites (tertiary alicyclic amines) is 1. The molecule has 7 heteroatoms. The van der Waals surface area contributed by atoms with Gasteiger partial charge in [0.15, 0.2) is 0 Å². The Morgan fingerprint density at radius 2 is 1.63 bits per heavy atom. The minimum absolute atomic E-state index is 0.0268. The second-order valence-corrected chi connectivity index (χ2v) is 10.5. The number of fused-ring (bicyclic) bond motifs is 3. The molecule has 184 valence electrons. The van der Waals surface area contributed by atoms with Crippen LogP contribution in [0.3, 0.4) is 0 Å². The third kappa shape index (κ3) is 4.51. The fourth-order valence-corrected chi connectivity index (χ4v) is 5.80. The molecule has 2 aromatic carbocycles. The molecule has 7 nitrogen and oxygen atoms in total. The van der Waals surface area contributed by atoms with Gasteiger partial charge in [0, 0.05) is 19.0 Å². The molecule has 0 radical (unpaired) electrons. The number of hydrogen-bond acceptors (Lipinski definition) is 4. The van der Waals surface area contributed by atoms with Crippen LogP contribution in [0.5, 0.6) is 0 Å². The summed E-state index contributed by atoms with van der Waals surface area (Å²) in [5, 5.41) is 12.4. The van der Waals surface area contributed by atoms with Gasteiger partial charge in [0.1, 0.15) is 6.61 Å². The summed E-state index contributed by atoms with van der Waals surface area (Å²) < 4.78 is 5.73. The molecule has 2 aromatic rings. The monoisotopic (exact) mass is 476 g/mol. The molecule has 1 heterocycles. The lowest BCUT2D eigenvalue weighted by Gasteiger charge is -2.32. The molecule has 1 unspecified atom stereocenters. The van der Waals surface area contributed by atoms with Gasteiger partial charge in [0.2, 0.25) is 5.91 Å². The number of rotatable bonds is 7. The normalized spacial score (nSPS) is 22.7. The molecule has 3 aliphatic rings. The molecule has 2 amide bonds. The molecule has 2 fully saturated rings. The van der Waals surface area contributed by atoms with Gasteiger partial charge in [-0.1, -0.05) is 55.5 Å². The van der Waals surface area contributed by atoms with Gasteiger partial charge in [-0.05, 0) is 53.9 Å². The number of carbonyl (C=O) groups excluding carboxylic acids is 2. The lowest BCUT2D eigenvalue weighted by molar-refractivity contribution is -0.142. The second kappa shape index (κ2) is 9.02. The van der Waals surface area contributed by atoms with Crippen molar-refractivity contribution in [1.82, 2.24) is 10.2 Å². The zero-order chi connectivity index (χ0) is 24.7. The number of carboxylic acids is 1. The Balaban J connectivity index is 1.23. The Kier molecular flexibility index (Phi) is 6.03. The minimum atomic E-state index is -0.866. The van der Waals surface area contributed by atoms with E-state index in [1.54, 1.807) is 4.90 Å². The first kappa shape index (κ1) is 23.4. The van der Waals surface area contributed by atoms with Crippen LogP contribution in [0.1, 0.15) is 50.2 Å². The van der Waals surface area contributed by atoms with E-state index in [-0.39, 0.29) is 43.2 Å². The van der Waals surface area contributed by atoms with Crippen molar-refractivity contribution >= 4 is 18.0 Å². The number of alkyl carbamates (subject to hydrolysis) is 1. The molecule has 35 heavy (non-hydrogen) atoms. The first-order valence-corrected chi connectivity index (χ1v) is 12.4. The second-order valence-electron chi connectivity index (χ2n) is 10.5. The Bertz CT molecular complexity index is 1110. The van der Waals surface area contributed by atoms with Crippen LogP contribution in [0.4, 0.5) is 4.79 Å². The zero-order valence-electron chi connectivity index (χ0n) is 20.2. The lowest BCUT2D eigenvalue weighted by Crippen LogP contribution is -2.51. The number of aliphatic carboxylic acids is 1. The van der Waals surface area contributed by atoms with Crippen LogP contribution in [0.2, 0.25) is 0 Å². The number of nitrogens with zero attached hydrogens (tertiary/aromatic N) is 1. The molecular weight excluding hydrogens is 444 g/mol. The molecule has 0 bridgehead atoms. The van der Waals surface area contributed by atoms with E-state index >= 15 is 0 Å². The maximum absolute atomic E-state index is 13.1. The number of ether oxygens (including phenoxy) is 1. The van der Waals surface area contributed by atoms with E-state index in [1.807, 2.05) is 38.1 Å². The molecule has 1 saturated heterocycles. The first-order chi connectivity index (χ1) is 16.8. The average molecular weight is 477 g/mol. The summed E-state index contributed by atoms with van der Waals surface area (Å²) in [6.07, 6.45) is 1.51. The number of hydrogen-bond donors (Lipinski definition) is 2. The maximum atomic E-state index is 13.1. The third-order valence-corrected chi connectivity index (χ3v) is 8.01. The van der Waals surface area contributed by atoms with Crippen LogP contribution in [0.15, 0.2) is 48.5 Å². The van der Waals surface area contributed by atoms with E-state index in [9.17, 15) is 19.5 Å². The van der Waals surface area contributed by atoms with Crippen molar-refractivity contribution in [3.8, 4) is 11.1 Å². The van der Waals surface area contributed by atoms with Crippen molar-refractivity contribution in [1.29, 1.82) is 0 Å². The SMILES string of the molecule is C[C@@H]1CN(C(=O)CC(C)(NC(=O)OCC2c3ccccc3-c3ccccc32)C2CC2)C[C@H]1C(=O)O. The molecule has 2 N–H and O–H groups in total. The quantitative estimate of drug-likeness (QED) is 0.622. The molecule has 0 aromatic heterocycles. The summed E-state index contributed by atoms with van der Waals surface area (Å²) in [6, 6.07) is 16.4. The number of carboxylic acid groups (broad SMARTS) is 1. The largest absolute Gasteiger partial charge is 0.481 e. The number of nitrogens with one attached hydrogen (secondary N) is 1. The topological polar surface area (TPSA) is 95.9 Å². The zero-order valence-corrected chi connectivity index (χ0v) is 20.2. The fourth-order valence-electron chi connectivity index (χ4n) is 5.80. The number of carbonyl (C=O) groups is 3. The molecule has 3 atom stereocenters. The van der Waals surface area contributed by atoms with Gasteiger partial charge in [0.25, 0.3) is 0 Å². The Hall–Kier alpha value is -3.35. The Labute approximate surface area is 205 Å². The van der Waals surface area contributed by atoms with Crippen molar-refractivity contribution < 1.29 is 24.2 Å². The van der Waals surface area contributed by atoms with Crippen molar-refractivity contribution in [3.63, 3.8) is 0 Å².